The minimum Gasteiger partial charge on any atom is -0.477 e. The molecular formula is C13H13ClN2O4S. The molecule has 1 heterocycles. The zero-order valence-corrected chi connectivity index (χ0v) is 12.9. The van der Waals surface area contributed by atoms with Gasteiger partial charge in [-0.3, -0.25) is 4.72 Å². The first kappa shape index (κ1) is 15.4. The van der Waals surface area contributed by atoms with Crippen LogP contribution >= 0.6 is 11.6 Å². The molecule has 112 valence electrons. The summed E-state index contributed by atoms with van der Waals surface area (Å²) in [6, 6.07) is 5.94. The van der Waals surface area contributed by atoms with E-state index in [1.807, 2.05) is 0 Å². The number of carbonyl (C=O) groups is 1. The number of anilines is 1. The van der Waals surface area contributed by atoms with Gasteiger partial charge in [0.15, 0.2) is 0 Å². The molecule has 1 aromatic heterocycles. The molecule has 6 nitrogen and oxygen atoms in total. The number of hydrogen-bond acceptors (Lipinski definition) is 3. The molecule has 21 heavy (non-hydrogen) atoms. The van der Waals surface area contributed by atoms with E-state index in [1.165, 1.54) is 23.9 Å². The quantitative estimate of drug-likeness (QED) is 0.902. The van der Waals surface area contributed by atoms with E-state index in [2.05, 4.69) is 4.72 Å². The SMILES string of the molecule is Cc1ccc(Cl)cc1NS(=O)(=O)c1cc(C(=O)O)n(C)c1. The van der Waals surface area contributed by atoms with Gasteiger partial charge in [-0.05, 0) is 30.7 Å². The summed E-state index contributed by atoms with van der Waals surface area (Å²) in [4.78, 5) is 10.8. The van der Waals surface area contributed by atoms with Crippen molar-refractivity contribution in [1.29, 1.82) is 0 Å². The molecular weight excluding hydrogens is 316 g/mol. The van der Waals surface area contributed by atoms with Crippen molar-refractivity contribution in [2.24, 2.45) is 7.05 Å². The molecule has 0 unspecified atom stereocenters. The number of nitrogens with one attached hydrogen (secondary N) is 1. The van der Waals surface area contributed by atoms with E-state index in [0.29, 0.717) is 16.3 Å². The Kier molecular flexibility index (Phi) is 3.97. The van der Waals surface area contributed by atoms with Crippen LogP contribution in [0.2, 0.25) is 5.02 Å². The second-order valence-corrected chi connectivity index (χ2v) is 6.66. The monoisotopic (exact) mass is 328 g/mol. The minimum absolute atomic E-state index is 0.113. The molecule has 1 aromatic carbocycles. The second kappa shape index (κ2) is 5.42. The molecule has 0 saturated heterocycles. The average Bonchev–Trinajstić information content (AvgIpc) is 2.77. The summed E-state index contributed by atoms with van der Waals surface area (Å²) in [5.41, 5.74) is 0.943. The maximum Gasteiger partial charge on any atom is 0.352 e. The maximum atomic E-state index is 12.3. The van der Waals surface area contributed by atoms with Gasteiger partial charge in [0, 0.05) is 18.3 Å². The molecule has 0 amide bonds. The highest BCUT2D eigenvalue weighted by molar-refractivity contribution is 7.92. The van der Waals surface area contributed by atoms with E-state index in [-0.39, 0.29) is 10.6 Å². The van der Waals surface area contributed by atoms with Gasteiger partial charge in [-0.1, -0.05) is 17.7 Å². The van der Waals surface area contributed by atoms with Crippen molar-refractivity contribution in [3.05, 3.63) is 46.7 Å². The topological polar surface area (TPSA) is 88.4 Å². The molecule has 0 saturated carbocycles. The van der Waals surface area contributed by atoms with Crippen LogP contribution in [0.3, 0.4) is 0 Å². The lowest BCUT2D eigenvalue weighted by Crippen LogP contribution is -2.13. The van der Waals surface area contributed by atoms with E-state index < -0.39 is 16.0 Å². The lowest BCUT2D eigenvalue weighted by Gasteiger charge is -2.09. The van der Waals surface area contributed by atoms with Crippen LogP contribution in [0.15, 0.2) is 35.4 Å². The van der Waals surface area contributed by atoms with Crippen molar-refractivity contribution in [3.8, 4) is 0 Å². The Balaban J connectivity index is 2.41. The number of hydrogen-bond donors (Lipinski definition) is 2. The largest absolute Gasteiger partial charge is 0.477 e. The highest BCUT2D eigenvalue weighted by Gasteiger charge is 2.21. The number of aromatic carboxylic acids is 1. The van der Waals surface area contributed by atoms with Crippen LogP contribution in [0, 0.1) is 6.92 Å². The number of rotatable bonds is 4. The Morgan fingerprint density at radius 3 is 2.57 bits per heavy atom. The van der Waals surface area contributed by atoms with Gasteiger partial charge < -0.3 is 9.67 Å². The third-order valence-electron chi connectivity index (χ3n) is 2.95. The smallest absolute Gasteiger partial charge is 0.352 e. The lowest BCUT2D eigenvalue weighted by atomic mass is 10.2. The number of nitrogens with zero attached hydrogens (tertiary/aromatic N) is 1. The fourth-order valence-electron chi connectivity index (χ4n) is 1.80. The van der Waals surface area contributed by atoms with Gasteiger partial charge in [0.05, 0.1) is 5.69 Å². The Morgan fingerprint density at radius 1 is 1.33 bits per heavy atom. The lowest BCUT2D eigenvalue weighted by molar-refractivity contribution is 0.0686. The Hall–Kier alpha value is -1.99. The molecule has 0 fully saturated rings. The average molecular weight is 329 g/mol. The van der Waals surface area contributed by atoms with E-state index in [1.54, 1.807) is 19.1 Å². The molecule has 0 aliphatic heterocycles. The second-order valence-electron chi connectivity index (χ2n) is 4.54. The summed E-state index contributed by atoms with van der Waals surface area (Å²) in [7, 11) is -2.42. The molecule has 0 aliphatic rings. The summed E-state index contributed by atoms with van der Waals surface area (Å²) < 4.78 is 28.2. The number of aryl methyl sites for hydroxylation is 2. The van der Waals surface area contributed by atoms with Crippen molar-refractivity contribution >= 4 is 33.3 Å². The molecule has 2 N–H and O–H groups in total. The Labute approximate surface area is 127 Å². The number of halogens is 1. The van der Waals surface area contributed by atoms with E-state index in [0.717, 1.165) is 6.07 Å². The van der Waals surface area contributed by atoms with Crippen molar-refractivity contribution < 1.29 is 18.3 Å². The molecule has 2 aromatic rings. The molecule has 0 bridgehead atoms. The van der Waals surface area contributed by atoms with Gasteiger partial charge in [-0.2, -0.15) is 0 Å². The zero-order valence-electron chi connectivity index (χ0n) is 11.3. The molecule has 8 heteroatoms. The highest BCUT2D eigenvalue weighted by Crippen LogP contribution is 2.24. The van der Waals surface area contributed by atoms with Crippen LogP contribution in [-0.4, -0.2) is 24.1 Å². The van der Waals surface area contributed by atoms with Crippen LogP contribution in [0.4, 0.5) is 5.69 Å². The predicted molar refractivity (Wildman–Crippen MR) is 79.4 cm³/mol. The third kappa shape index (κ3) is 3.20. The first-order valence-corrected chi connectivity index (χ1v) is 7.75. The summed E-state index contributed by atoms with van der Waals surface area (Å²) in [5.74, 6) is -1.20. The van der Waals surface area contributed by atoms with Crippen LogP contribution in [-0.2, 0) is 17.1 Å². The first-order chi connectivity index (χ1) is 9.70. The van der Waals surface area contributed by atoms with E-state index >= 15 is 0 Å². The number of carboxylic acid groups (broad SMARTS) is 1. The van der Waals surface area contributed by atoms with E-state index in [4.69, 9.17) is 16.7 Å². The number of benzene rings is 1. The molecule has 0 radical (unpaired) electrons. The van der Waals surface area contributed by atoms with Crippen molar-refractivity contribution in [2.75, 3.05) is 4.72 Å². The summed E-state index contributed by atoms with van der Waals surface area (Å²) >= 11 is 5.85. The molecule has 0 atom stereocenters. The molecule has 0 aliphatic carbocycles. The van der Waals surface area contributed by atoms with Crippen LogP contribution in [0.5, 0.6) is 0 Å². The predicted octanol–water partition coefficient (Wildman–Crippen LogP) is 2.49. The maximum absolute atomic E-state index is 12.3. The van der Waals surface area contributed by atoms with Gasteiger partial charge in [0.1, 0.15) is 10.6 Å². The summed E-state index contributed by atoms with van der Waals surface area (Å²) in [5, 5.41) is 9.36. The fourth-order valence-corrected chi connectivity index (χ4v) is 3.16. The summed E-state index contributed by atoms with van der Waals surface area (Å²) in [6.07, 6.45) is 1.24. The van der Waals surface area contributed by atoms with E-state index in [9.17, 15) is 13.2 Å². The Morgan fingerprint density at radius 2 is 2.00 bits per heavy atom. The van der Waals surface area contributed by atoms with Crippen molar-refractivity contribution in [2.45, 2.75) is 11.8 Å². The minimum atomic E-state index is -3.88. The van der Waals surface area contributed by atoms with Crippen LogP contribution in [0.1, 0.15) is 16.1 Å². The third-order valence-corrected chi connectivity index (χ3v) is 4.52. The normalized spacial score (nSPS) is 11.4. The number of aromatic nitrogens is 1. The van der Waals surface area contributed by atoms with Gasteiger partial charge in [0.2, 0.25) is 0 Å². The first-order valence-electron chi connectivity index (χ1n) is 5.89. The molecule has 2 rings (SSSR count). The summed E-state index contributed by atoms with van der Waals surface area (Å²) in [6.45, 7) is 1.74. The Bertz CT molecular complexity index is 812. The fraction of sp³-hybridized carbons (Fsp3) is 0.154. The number of carboxylic acids is 1. The van der Waals surface area contributed by atoms with Crippen molar-refractivity contribution in [1.82, 2.24) is 4.57 Å². The van der Waals surface area contributed by atoms with Gasteiger partial charge in [-0.15, -0.1) is 0 Å². The number of sulfonamides is 1. The zero-order chi connectivity index (χ0) is 15.8. The van der Waals surface area contributed by atoms with Gasteiger partial charge >= 0.3 is 5.97 Å². The van der Waals surface area contributed by atoms with Crippen LogP contribution in [0.25, 0.3) is 0 Å². The van der Waals surface area contributed by atoms with Gasteiger partial charge in [-0.25, -0.2) is 13.2 Å². The van der Waals surface area contributed by atoms with Gasteiger partial charge in [0.25, 0.3) is 10.0 Å². The highest BCUT2D eigenvalue weighted by atomic mass is 35.5. The molecule has 0 spiro atoms. The standard InChI is InChI=1S/C13H13ClN2O4S/c1-8-3-4-9(14)5-11(8)15-21(19,20)10-6-12(13(17)18)16(2)7-10/h3-7,15H,1-2H3,(H,17,18). The van der Waals surface area contributed by atoms with Crippen LogP contribution < -0.4 is 4.72 Å². The van der Waals surface area contributed by atoms with Crippen molar-refractivity contribution in [3.63, 3.8) is 0 Å².